The van der Waals surface area contributed by atoms with Crippen molar-refractivity contribution in [3.8, 4) is 5.75 Å². The van der Waals surface area contributed by atoms with Gasteiger partial charge in [-0.1, -0.05) is 12.2 Å². The Bertz CT molecular complexity index is 976. The van der Waals surface area contributed by atoms with E-state index >= 15 is 0 Å². The summed E-state index contributed by atoms with van der Waals surface area (Å²) >= 11 is 0. The molecule has 0 spiro atoms. The molecule has 0 bridgehead atoms. The predicted molar refractivity (Wildman–Crippen MR) is 125 cm³/mol. The van der Waals surface area contributed by atoms with Gasteiger partial charge < -0.3 is 29.7 Å². The highest BCUT2D eigenvalue weighted by molar-refractivity contribution is 5.90. The van der Waals surface area contributed by atoms with Crippen molar-refractivity contribution < 1.29 is 19.0 Å². The molecule has 2 aromatic rings. The Balaban J connectivity index is 1.36. The van der Waals surface area contributed by atoms with Crippen molar-refractivity contribution in [1.82, 2.24) is 15.0 Å². The predicted octanol–water partition coefficient (Wildman–Crippen LogP) is 2.76. The van der Waals surface area contributed by atoms with Crippen LogP contribution in [0.15, 0.2) is 43.5 Å². The second-order valence-electron chi connectivity index (χ2n) is 7.65. The molecule has 0 atom stereocenters. The molecule has 3 heterocycles. The van der Waals surface area contributed by atoms with Crippen LogP contribution in [0.4, 0.5) is 17.8 Å². The van der Waals surface area contributed by atoms with Crippen LogP contribution in [0, 0.1) is 0 Å². The topological polar surface area (TPSA) is 111 Å². The van der Waals surface area contributed by atoms with Crippen LogP contribution in [0.2, 0.25) is 0 Å². The summed E-state index contributed by atoms with van der Waals surface area (Å²) in [4.78, 5) is 28.1. The lowest BCUT2D eigenvalue weighted by Gasteiger charge is -2.32. The van der Waals surface area contributed by atoms with E-state index in [4.69, 9.17) is 14.2 Å². The zero-order valence-electron chi connectivity index (χ0n) is 18.5. The van der Waals surface area contributed by atoms with Crippen molar-refractivity contribution in [3.63, 3.8) is 0 Å². The summed E-state index contributed by atoms with van der Waals surface area (Å²) in [5.41, 5.74) is 1.35. The van der Waals surface area contributed by atoms with E-state index in [1.165, 1.54) is 0 Å². The van der Waals surface area contributed by atoms with Gasteiger partial charge in [-0.15, -0.1) is 13.2 Å². The standard InChI is InChI=1S/C23H28N6O4/c1-3-9-24-21-26-22(25-10-4-2)28-23(27-21)29-11-7-18(8-12-29)33-20(30)16-5-6-19-17(13-16)14-31-15-32-19/h3-6,13,18H,1-2,7-12,14-15H2,(H2,24,25,26,27,28). The molecule has 0 amide bonds. The number of piperidine rings is 1. The molecule has 10 nitrogen and oxygen atoms in total. The molecule has 2 N–H and O–H groups in total. The van der Waals surface area contributed by atoms with Crippen LogP contribution < -0.4 is 20.3 Å². The number of aromatic nitrogens is 3. The lowest BCUT2D eigenvalue weighted by Crippen LogP contribution is -2.39. The highest BCUT2D eigenvalue weighted by Gasteiger charge is 2.25. The van der Waals surface area contributed by atoms with Gasteiger partial charge in [-0.25, -0.2) is 4.79 Å². The Morgan fingerprint density at radius 1 is 1.12 bits per heavy atom. The quantitative estimate of drug-likeness (QED) is 0.435. The molecule has 4 rings (SSSR count). The van der Waals surface area contributed by atoms with Gasteiger partial charge in [-0.2, -0.15) is 15.0 Å². The van der Waals surface area contributed by atoms with Gasteiger partial charge in [0.2, 0.25) is 17.8 Å². The van der Waals surface area contributed by atoms with E-state index in [1.54, 1.807) is 30.4 Å². The number of esters is 1. The lowest BCUT2D eigenvalue weighted by atomic mass is 10.1. The normalized spacial score (nSPS) is 15.7. The van der Waals surface area contributed by atoms with Gasteiger partial charge >= 0.3 is 5.97 Å². The minimum atomic E-state index is -0.339. The third-order valence-corrected chi connectivity index (χ3v) is 5.28. The van der Waals surface area contributed by atoms with Gasteiger partial charge in [0.25, 0.3) is 0 Å². The van der Waals surface area contributed by atoms with E-state index in [0.29, 0.717) is 69.0 Å². The van der Waals surface area contributed by atoms with Gasteiger partial charge in [-0.3, -0.25) is 0 Å². The lowest BCUT2D eigenvalue weighted by molar-refractivity contribution is -0.0164. The van der Waals surface area contributed by atoms with E-state index in [1.807, 2.05) is 0 Å². The minimum absolute atomic E-state index is 0.171. The van der Waals surface area contributed by atoms with Gasteiger partial charge in [0.1, 0.15) is 11.9 Å². The number of carbonyl (C=O) groups excluding carboxylic acids is 1. The summed E-state index contributed by atoms with van der Waals surface area (Å²) in [6, 6.07) is 5.28. The number of anilines is 3. The molecular weight excluding hydrogens is 424 g/mol. The smallest absolute Gasteiger partial charge is 0.338 e. The number of hydrogen-bond donors (Lipinski definition) is 2. The van der Waals surface area contributed by atoms with E-state index in [0.717, 1.165) is 11.3 Å². The molecule has 0 unspecified atom stereocenters. The van der Waals surface area contributed by atoms with Crippen molar-refractivity contribution in [3.05, 3.63) is 54.6 Å². The molecule has 0 radical (unpaired) electrons. The maximum absolute atomic E-state index is 12.7. The fourth-order valence-corrected chi connectivity index (χ4v) is 3.60. The highest BCUT2D eigenvalue weighted by atomic mass is 16.7. The number of fused-ring (bicyclic) bond motifs is 1. The summed E-state index contributed by atoms with van der Waals surface area (Å²) in [6.07, 6.45) is 4.67. The molecule has 1 saturated heterocycles. The van der Waals surface area contributed by atoms with Gasteiger partial charge in [0, 0.05) is 44.6 Å². The molecule has 0 saturated carbocycles. The van der Waals surface area contributed by atoms with Gasteiger partial charge in [-0.05, 0) is 18.2 Å². The summed E-state index contributed by atoms with van der Waals surface area (Å²) in [7, 11) is 0. The Labute approximate surface area is 192 Å². The molecule has 1 aromatic carbocycles. The number of hydrogen-bond acceptors (Lipinski definition) is 10. The number of carbonyl (C=O) groups is 1. The number of nitrogens with one attached hydrogen (secondary N) is 2. The Morgan fingerprint density at radius 3 is 2.48 bits per heavy atom. The van der Waals surface area contributed by atoms with Crippen LogP contribution in [0.25, 0.3) is 0 Å². The molecule has 1 fully saturated rings. The monoisotopic (exact) mass is 452 g/mol. The number of ether oxygens (including phenoxy) is 3. The van der Waals surface area contributed by atoms with Crippen LogP contribution >= 0.6 is 0 Å². The summed E-state index contributed by atoms with van der Waals surface area (Å²) in [5, 5.41) is 6.21. The van der Waals surface area contributed by atoms with Gasteiger partial charge in [0.05, 0.1) is 12.2 Å². The summed E-state index contributed by atoms with van der Waals surface area (Å²) < 4.78 is 16.4. The first kappa shape index (κ1) is 22.5. The summed E-state index contributed by atoms with van der Waals surface area (Å²) in [5.74, 6) is 1.92. The fraction of sp³-hybridized carbons (Fsp3) is 0.391. The van der Waals surface area contributed by atoms with E-state index in [-0.39, 0.29) is 18.9 Å². The Morgan fingerprint density at radius 2 is 1.82 bits per heavy atom. The van der Waals surface area contributed by atoms with Crippen molar-refractivity contribution in [2.75, 3.05) is 48.5 Å². The van der Waals surface area contributed by atoms with Crippen molar-refractivity contribution in [2.45, 2.75) is 25.6 Å². The van der Waals surface area contributed by atoms with Crippen LogP contribution in [0.5, 0.6) is 5.75 Å². The van der Waals surface area contributed by atoms with Crippen molar-refractivity contribution in [2.24, 2.45) is 0 Å². The Hall–Kier alpha value is -3.66. The van der Waals surface area contributed by atoms with Crippen LogP contribution in [0.3, 0.4) is 0 Å². The van der Waals surface area contributed by atoms with Crippen LogP contribution in [0.1, 0.15) is 28.8 Å². The van der Waals surface area contributed by atoms with Gasteiger partial charge in [0.15, 0.2) is 6.79 Å². The minimum Gasteiger partial charge on any atom is -0.467 e. The third kappa shape index (κ3) is 5.78. The first-order valence-corrected chi connectivity index (χ1v) is 10.9. The van der Waals surface area contributed by atoms with E-state index in [9.17, 15) is 4.79 Å². The zero-order chi connectivity index (χ0) is 23.0. The first-order valence-electron chi connectivity index (χ1n) is 10.9. The van der Waals surface area contributed by atoms with Crippen molar-refractivity contribution in [1.29, 1.82) is 0 Å². The second-order valence-corrected chi connectivity index (χ2v) is 7.65. The Kier molecular flexibility index (Phi) is 7.36. The average Bonchev–Trinajstić information content (AvgIpc) is 2.86. The molecule has 2 aliphatic heterocycles. The zero-order valence-corrected chi connectivity index (χ0v) is 18.5. The number of nitrogens with zero attached hydrogens (tertiary/aromatic N) is 4. The molecule has 174 valence electrons. The van der Waals surface area contributed by atoms with Crippen LogP contribution in [-0.4, -0.2) is 60.0 Å². The van der Waals surface area contributed by atoms with Crippen LogP contribution in [-0.2, 0) is 16.1 Å². The number of benzene rings is 1. The molecule has 10 heteroatoms. The molecule has 33 heavy (non-hydrogen) atoms. The molecule has 2 aliphatic rings. The van der Waals surface area contributed by atoms with E-state index in [2.05, 4.69) is 43.6 Å². The van der Waals surface area contributed by atoms with E-state index < -0.39 is 0 Å². The number of rotatable bonds is 9. The fourth-order valence-electron chi connectivity index (χ4n) is 3.60. The van der Waals surface area contributed by atoms with Crippen molar-refractivity contribution >= 4 is 23.8 Å². The second kappa shape index (κ2) is 10.8. The maximum Gasteiger partial charge on any atom is 0.338 e. The molecule has 1 aromatic heterocycles. The SMILES string of the molecule is C=CCNc1nc(NCC=C)nc(N2CCC(OC(=O)c3ccc4c(c3)COCO4)CC2)n1. The maximum atomic E-state index is 12.7. The summed E-state index contributed by atoms with van der Waals surface area (Å²) in [6.45, 7) is 10.5. The average molecular weight is 453 g/mol. The largest absolute Gasteiger partial charge is 0.467 e. The highest BCUT2D eigenvalue weighted by Crippen LogP contribution is 2.26. The third-order valence-electron chi connectivity index (χ3n) is 5.28. The molecule has 0 aliphatic carbocycles. The molecular formula is C23H28N6O4. The first-order chi connectivity index (χ1) is 16.2.